The van der Waals surface area contributed by atoms with Crippen molar-refractivity contribution >= 4 is 10.0 Å². The van der Waals surface area contributed by atoms with E-state index in [1.807, 2.05) is 6.92 Å². The van der Waals surface area contributed by atoms with Gasteiger partial charge in [-0.05, 0) is 31.4 Å². The molecule has 0 amide bonds. The van der Waals surface area contributed by atoms with Crippen LogP contribution in [0.3, 0.4) is 0 Å². The zero-order valence-electron chi connectivity index (χ0n) is 10.9. The molecule has 1 aromatic heterocycles. The van der Waals surface area contributed by atoms with E-state index in [-0.39, 0.29) is 6.04 Å². The van der Waals surface area contributed by atoms with Crippen LogP contribution in [0.5, 0.6) is 0 Å². The van der Waals surface area contributed by atoms with Crippen LogP contribution in [-0.2, 0) is 16.6 Å². The second kappa shape index (κ2) is 5.42. The molecule has 2 rings (SSSR count). The molecule has 1 saturated carbocycles. The summed E-state index contributed by atoms with van der Waals surface area (Å²) in [6.07, 6.45) is 3.56. The fourth-order valence-electron chi connectivity index (χ4n) is 1.83. The van der Waals surface area contributed by atoms with Crippen LogP contribution in [-0.4, -0.2) is 26.0 Å². The first-order valence-corrected chi connectivity index (χ1v) is 7.91. The van der Waals surface area contributed by atoms with E-state index in [2.05, 4.69) is 21.9 Å². The molecule has 1 aromatic rings. The fraction of sp³-hybridized carbons (Fsp3) is 0.667. The van der Waals surface area contributed by atoms with E-state index in [1.54, 1.807) is 12.3 Å². The molecule has 0 saturated heterocycles. The van der Waals surface area contributed by atoms with Gasteiger partial charge in [0.15, 0.2) is 0 Å². The molecule has 102 valence electrons. The first-order chi connectivity index (χ1) is 8.53. The van der Waals surface area contributed by atoms with Crippen LogP contribution in [0.15, 0.2) is 17.2 Å². The summed E-state index contributed by atoms with van der Waals surface area (Å²) >= 11 is 0. The van der Waals surface area contributed by atoms with Crippen molar-refractivity contribution in [2.45, 2.75) is 44.2 Å². The Morgan fingerprint density at radius 1 is 1.50 bits per heavy atom. The molecule has 1 heterocycles. The Morgan fingerprint density at radius 3 is 2.83 bits per heavy atom. The second-order valence-corrected chi connectivity index (χ2v) is 6.69. The van der Waals surface area contributed by atoms with Gasteiger partial charge in [-0.25, -0.2) is 13.1 Å². The third-order valence-electron chi connectivity index (χ3n) is 3.18. The molecule has 0 bridgehead atoms. The van der Waals surface area contributed by atoms with Crippen LogP contribution >= 0.6 is 0 Å². The first kappa shape index (κ1) is 13.6. The summed E-state index contributed by atoms with van der Waals surface area (Å²) in [7, 11) is -3.35. The van der Waals surface area contributed by atoms with Crippen LogP contribution in [0.4, 0.5) is 0 Å². The van der Waals surface area contributed by atoms with Gasteiger partial charge in [0, 0.05) is 24.5 Å². The summed E-state index contributed by atoms with van der Waals surface area (Å²) in [5.41, 5.74) is 0.896. The maximum Gasteiger partial charge on any atom is 0.242 e. The van der Waals surface area contributed by atoms with Crippen LogP contribution < -0.4 is 10.0 Å². The molecule has 5 nitrogen and oxygen atoms in total. The predicted octanol–water partition coefficient (Wildman–Crippen LogP) is 1.20. The number of H-pyrrole nitrogens is 1. The van der Waals surface area contributed by atoms with Crippen molar-refractivity contribution in [3.05, 3.63) is 18.0 Å². The van der Waals surface area contributed by atoms with E-state index in [9.17, 15) is 8.42 Å². The largest absolute Gasteiger partial charge is 0.363 e. The topological polar surface area (TPSA) is 74.0 Å². The molecule has 0 aliphatic heterocycles. The molecule has 0 radical (unpaired) electrons. The van der Waals surface area contributed by atoms with Crippen LogP contribution in [0.2, 0.25) is 0 Å². The van der Waals surface area contributed by atoms with Gasteiger partial charge >= 0.3 is 0 Å². The quantitative estimate of drug-likeness (QED) is 0.652. The van der Waals surface area contributed by atoms with Gasteiger partial charge < -0.3 is 10.3 Å². The van der Waals surface area contributed by atoms with Gasteiger partial charge in [0.05, 0.1) is 4.90 Å². The monoisotopic (exact) mass is 271 g/mol. The average molecular weight is 271 g/mol. The minimum atomic E-state index is -3.35. The number of hydrogen-bond acceptors (Lipinski definition) is 3. The maximum atomic E-state index is 12.0. The Labute approximate surface area is 108 Å². The van der Waals surface area contributed by atoms with Gasteiger partial charge in [0.2, 0.25) is 10.0 Å². The van der Waals surface area contributed by atoms with E-state index in [0.29, 0.717) is 17.4 Å². The highest BCUT2D eigenvalue weighted by atomic mass is 32.2. The lowest BCUT2D eigenvalue weighted by Crippen LogP contribution is -2.26. The van der Waals surface area contributed by atoms with Crippen molar-refractivity contribution in [3.8, 4) is 0 Å². The summed E-state index contributed by atoms with van der Waals surface area (Å²) in [5.74, 6) is 0.462. The van der Waals surface area contributed by atoms with Crippen molar-refractivity contribution in [1.29, 1.82) is 0 Å². The summed E-state index contributed by atoms with van der Waals surface area (Å²) < 4.78 is 26.7. The molecular weight excluding hydrogens is 250 g/mol. The van der Waals surface area contributed by atoms with E-state index in [4.69, 9.17) is 0 Å². The predicted molar refractivity (Wildman–Crippen MR) is 70.7 cm³/mol. The van der Waals surface area contributed by atoms with Gasteiger partial charge in [0.25, 0.3) is 0 Å². The van der Waals surface area contributed by atoms with Crippen LogP contribution in [0, 0.1) is 5.92 Å². The maximum absolute atomic E-state index is 12.0. The highest BCUT2D eigenvalue weighted by Crippen LogP contribution is 2.30. The summed E-state index contributed by atoms with van der Waals surface area (Å²) in [5, 5.41) is 3.23. The molecule has 1 fully saturated rings. The zero-order chi connectivity index (χ0) is 13.2. The highest BCUT2D eigenvalue weighted by molar-refractivity contribution is 7.89. The molecule has 0 aromatic carbocycles. The van der Waals surface area contributed by atoms with Crippen molar-refractivity contribution in [2.75, 3.05) is 6.54 Å². The molecule has 0 spiro atoms. The molecule has 2 unspecified atom stereocenters. The average Bonchev–Trinajstić information content (AvgIpc) is 2.82. The normalized spacial score (nSPS) is 23.2. The standard InChI is InChI=1S/C12H21N3O2S/c1-3-4-13-7-10-6-11(8-14-10)18(16,17)15-12-5-9(12)2/h6,8-9,12-15H,3-5,7H2,1-2H3. The Bertz CT molecular complexity index is 495. The molecule has 1 aliphatic carbocycles. The van der Waals surface area contributed by atoms with Gasteiger partial charge in [-0.3, -0.25) is 0 Å². The summed E-state index contributed by atoms with van der Waals surface area (Å²) in [6, 6.07) is 1.81. The third-order valence-corrected chi connectivity index (χ3v) is 4.65. The van der Waals surface area contributed by atoms with Gasteiger partial charge in [-0.1, -0.05) is 13.8 Å². The number of aromatic nitrogens is 1. The number of hydrogen-bond donors (Lipinski definition) is 3. The van der Waals surface area contributed by atoms with Crippen LogP contribution in [0.25, 0.3) is 0 Å². The van der Waals surface area contributed by atoms with Gasteiger partial charge in [-0.15, -0.1) is 0 Å². The third kappa shape index (κ3) is 3.34. The summed E-state index contributed by atoms with van der Waals surface area (Å²) in [6.45, 7) is 5.74. The van der Waals surface area contributed by atoms with Crippen molar-refractivity contribution in [3.63, 3.8) is 0 Å². The summed E-state index contributed by atoms with van der Waals surface area (Å²) in [4.78, 5) is 3.32. The van der Waals surface area contributed by atoms with Crippen molar-refractivity contribution in [1.82, 2.24) is 15.0 Å². The van der Waals surface area contributed by atoms with E-state index < -0.39 is 10.0 Å². The zero-order valence-corrected chi connectivity index (χ0v) is 11.7. The molecule has 18 heavy (non-hydrogen) atoms. The minimum absolute atomic E-state index is 0.117. The van der Waals surface area contributed by atoms with Crippen molar-refractivity contribution in [2.24, 2.45) is 5.92 Å². The SMILES string of the molecule is CCCNCc1cc(S(=O)(=O)NC2CC2C)c[nH]1. The van der Waals surface area contributed by atoms with Gasteiger partial charge in [0.1, 0.15) is 0 Å². The van der Waals surface area contributed by atoms with Gasteiger partial charge in [-0.2, -0.15) is 0 Å². The Hall–Kier alpha value is -0.850. The Balaban J connectivity index is 1.95. The molecule has 6 heteroatoms. The lowest BCUT2D eigenvalue weighted by atomic mass is 10.4. The van der Waals surface area contributed by atoms with E-state index in [1.165, 1.54) is 0 Å². The highest BCUT2D eigenvalue weighted by Gasteiger charge is 2.36. The number of nitrogens with one attached hydrogen (secondary N) is 3. The van der Waals surface area contributed by atoms with Crippen LogP contribution in [0.1, 0.15) is 32.4 Å². The second-order valence-electron chi connectivity index (χ2n) is 4.98. The van der Waals surface area contributed by atoms with E-state index in [0.717, 1.165) is 25.1 Å². The number of rotatable bonds is 7. The number of sulfonamides is 1. The lowest BCUT2D eigenvalue weighted by Gasteiger charge is -2.02. The Morgan fingerprint density at radius 2 is 2.22 bits per heavy atom. The molecular formula is C12H21N3O2S. The molecule has 3 N–H and O–H groups in total. The Kier molecular flexibility index (Phi) is 4.09. The first-order valence-electron chi connectivity index (χ1n) is 6.43. The molecule has 1 aliphatic rings. The number of aromatic amines is 1. The van der Waals surface area contributed by atoms with Crippen molar-refractivity contribution < 1.29 is 8.42 Å². The smallest absolute Gasteiger partial charge is 0.242 e. The van der Waals surface area contributed by atoms with E-state index >= 15 is 0 Å². The molecule has 2 atom stereocenters. The lowest BCUT2D eigenvalue weighted by molar-refractivity contribution is 0.578. The fourth-order valence-corrected chi connectivity index (χ4v) is 3.20. The minimum Gasteiger partial charge on any atom is -0.363 e.